The van der Waals surface area contributed by atoms with E-state index in [0.717, 1.165) is 57.5 Å². The van der Waals surface area contributed by atoms with Gasteiger partial charge in [0.1, 0.15) is 12.2 Å². The Hall–Kier alpha value is -0.240. The Labute approximate surface area is 268 Å². The second-order valence-corrected chi connectivity index (χ2v) is 18.3. The molecule has 0 aromatic heterocycles. The third kappa shape index (κ3) is 4.18. The zero-order valence-electron chi connectivity index (χ0n) is 28.9. The molecule has 2 aliphatic heterocycles. The molecule has 0 aromatic rings. The Morgan fingerprint density at radius 2 is 1.86 bits per heavy atom. The number of aliphatic hydroxyl groups is 2. The van der Waals surface area contributed by atoms with Crippen LogP contribution < -0.4 is 0 Å². The van der Waals surface area contributed by atoms with Crippen LogP contribution in [0.3, 0.4) is 0 Å². The smallest absolute Gasteiger partial charge is 0.170 e. The number of rotatable bonds is 5. The van der Waals surface area contributed by atoms with Crippen LogP contribution in [-0.2, 0) is 14.2 Å². The molecule has 7 rings (SSSR count). The van der Waals surface area contributed by atoms with Crippen molar-refractivity contribution < 1.29 is 24.4 Å². The van der Waals surface area contributed by atoms with E-state index >= 15 is 0 Å². The topological polar surface area (TPSA) is 71.4 Å². The molecular formula is C38H60NO5. The Balaban J connectivity index is 1.13. The third-order valence-corrected chi connectivity index (χ3v) is 15.0. The predicted octanol–water partition coefficient (Wildman–Crippen LogP) is 6.64. The highest BCUT2D eigenvalue weighted by Crippen LogP contribution is 2.90. The van der Waals surface area contributed by atoms with Gasteiger partial charge >= 0.3 is 0 Å². The van der Waals surface area contributed by atoms with Crippen LogP contribution in [0.15, 0.2) is 0 Å². The lowest BCUT2D eigenvalue weighted by Crippen LogP contribution is -2.59. The lowest BCUT2D eigenvalue weighted by molar-refractivity contribution is -0.243. The van der Waals surface area contributed by atoms with Gasteiger partial charge < -0.3 is 24.4 Å². The number of hydrogen-bond donors (Lipinski definition) is 2. The highest BCUT2D eigenvalue weighted by molar-refractivity contribution is 5.44. The van der Waals surface area contributed by atoms with Crippen molar-refractivity contribution in [2.75, 3.05) is 26.2 Å². The molecule has 5 radical (unpaired) electrons. The maximum atomic E-state index is 12.4. The third-order valence-electron chi connectivity index (χ3n) is 15.0. The Kier molecular flexibility index (Phi) is 7.62. The summed E-state index contributed by atoms with van der Waals surface area (Å²) in [4.78, 5) is 2.38. The molecule has 5 aliphatic carbocycles. The van der Waals surface area contributed by atoms with Crippen molar-refractivity contribution in [1.29, 1.82) is 0 Å². The fourth-order valence-electron chi connectivity index (χ4n) is 12.6. The van der Waals surface area contributed by atoms with Gasteiger partial charge in [-0.1, -0.05) is 55.4 Å². The molecule has 1 unspecified atom stereocenters. The molecule has 2 heterocycles. The first-order valence-electron chi connectivity index (χ1n) is 17.9. The van der Waals surface area contributed by atoms with Gasteiger partial charge in [0.25, 0.3) is 0 Å². The van der Waals surface area contributed by atoms with Gasteiger partial charge in [-0.05, 0) is 116 Å². The van der Waals surface area contributed by atoms with Crippen LogP contribution in [0.2, 0.25) is 0 Å². The molecule has 2 saturated heterocycles. The van der Waals surface area contributed by atoms with E-state index in [1.807, 2.05) is 0 Å². The number of fused-ring (bicyclic) bond motifs is 4. The maximum Gasteiger partial charge on any atom is 0.170 e. The van der Waals surface area contributed by atoms with Crippen LogP contribution in [0.25, 0.3) is 0 Å². The van der Waals surface area contributed by atoms with Gasteiger partial charge in [-0.3, -0.25) is 4.90 Å². The van der Waals surface area contributed by atoms with Crippen molar-refractivity contribution in [2.45, 2.75) is 138 Å². The van der Waals surface area contributed by atoms with E-state index in [9.17, 15) is 10.2 Å². The molecule has 2 N–H and O–H groups in total. The summed E-state index contributed by atoms with van der Waals surface area (Å²) in [6, 6.07) is 0. The largest absolute Gasteiger partial charge is 0.389 e. The average molecular weight is 611 g/mol. The van der Waals surface area contributed by atoms with Crippen molar-refractivity contribution in [3.8, 4) is 0 Å². The van der Waals surface area contributed by atoms with E-state index in [2.05, 4.69) is 60.3 Å². The van der Waals surface area contributed by atoms with Crippen LogP contribution in [0.4, 0.5) is 0 Å². The normalized spacial score (nSPS) is 50.2. The number of nitrogens with zero attached hydrogens (tertiary/aromatic N) is 1. The van der Waals surface area contributed by atoms with Gasteiger partial charge in [-0.25, -0.2) is 0 Å². The molecule has 5 saturated carbocycles. The Bertz CT molecular complexity index is 1100. The Morgan fingerprint density at radius 3 is 2.57 bits per heavy atom. The zero-order chi connectivity index (χ0) is 31.7. The summed E-state index contributed by atoms with van der Waals surface area (Å²) in [5.41, 5.74) is -0.0439. The van der Waals surface area contributed by atoms with Crippen LogP contribution in [-0.4, -0.2) is 66.0 Å². The van der Waals surface area contributed by atoms with Crippen LogP contribution in [0, 0.1) is 75.3 Å². The van der Waals surface area contributed by atoms with Crippen LogP contribution in [0.1, 0.15) is 113 Å². The van der Waals surface area contributed by atoms with Gasteiger partial charge in [-0.15, -0.1) is 0 Å². The second kappa shape index (κ2) is 10.4. The SMILES string of the molecule is [CH]CCN1CCO[C@@H](OC2CC[C@]34C[C@]35CC[C@]3(C)[C@@H]6[C](O[C]([C@H](O)C(C)(C)C)C[C@H]6C)[C@H](O)[C@@]3(C)[C]5CC[C@H]4C2(C)C)C1. The van der Waals surface area contributed by atoms with E-state index < -0.39 is 12.2 Å². The molecule has 0 amide bonds. The maximum absolute atomic E-state index is 12.4. The first kappa shape index (κ1) is 32.3. The van der Waals surface area contributed by atoms with E-state index in [-0.39, 0.29) is 45.4 Å². The van der Waals surface area contributed by atoms with E-state index in [0.29, 0.717) is 30.3 Å². The van der Waals surface area contributed by atoms with Crippen molar-refractivity contribution in [3.63, 3.8) is 0 Å². The molecule has 6 nitrogen and oxygen atoms in total. The summed E-state index contributed by atoms with van der Waals surface area (Å²) in [6.45, 7) is 27.5. The van der Waals surface area contributed by atoms with Crippen molar-refractivity contribution >= 4 is 0 Å². The summed E-state index contributed by atoms with van der Waals surface area (Å²) >= 11 is 0. The van der Waals surface area contributed by atoms with Crippen LogP contribution in [0.5, 0.6) is 0 Å². The molecular weight excluding hydrogens is 550 g/mol. The van der Waals surface area contributed by atoms with Gasteiger partial charge in [0.05, 0.1) is 24.9 Å². The quantitative estimate of drug-likeness (QED) is 0.364. The van der Waals surface area contributed by atoms with Gasteiger partial charge in [0.2, 0.25) is 0 Å². The number of hydrogen-bond acceptors (Lipinski definition) is 6. The molecule has 0 bridgehead atoms. The lowest BCUT2D eigenvalue weighted by atomic mass is 9.41. The predicted molar refractivity (Wildman–Crippen MR) is 170 cm³/mol. The number of aliphatic hydroxyl groups excluding tert-OH is 2. The van der Waals surface area contributed by atoms with Gasteiger partial charge in [0.15, 0.2) is 6.29 Å². The van der Waals surface area contributed by atoms with Crippen molar-refractivity contribution in [3.05, 3.63) is 25.0 Å². The minimum absolute atomic E-state index is 0.0415. The van der Waals surface area contributed by atoms with E-state index in [1.165, 1.54) is 25.7 Å². The van der Waals surface area contributed by atoms with Gasteiger partial charge in [0, 0.05) is 24.4 Å². The van der Waals surface area contributed by atoms with Crippen LogP contribution >= 0.6 is 0 Å². The molecule has 2 spiro atoms. The fourth-order valence-corrected chi connectivity index (χ4v) is 12.6. The second-order valence-electron chi connectivity index (χ2n) is 18.3. The molecule has 7 aliphatic rings. The van der Waals surface area contributed by atoms with Gasteiger partial charge in [-0.2, -0.15) is 0 Å². The minimum Gasteiger partial charge on any atom is -0.389 e. The summed E-state index contributed by atoms with van der Waals surface area (Å²) < 4.78 is 19.6. The minimum atomic E-state index is -0.641. The zero-order valence-corrected chi connectivity index (χ0v) is 28.9. The molecule has 7 fully saturated rings. The summed E-state index contributed by atoms with van der Waals surface area (Å²) in [7, 11) is 0. The highest BCUT2D eigenvalue weighted by Gasteiger charge is 2.85. The van der Waals surface area contributed by atoms with E-state index in [4.69, 9.17) is 21.1 Å². The van der Waals surface area contributed by atoms with Crippen molar-refractivity contribution in [2.24, 2.45) is 50.2 Å². The summed E-state index contributed by atoms with van der Waals surface area (Å²) in [5.74, 6) is 2.81. The number of morpholine rings is 1. The summed E-state index contributed by atoms with van der Waals surface area (Å²) in [6.07, 6.45) is 9.97. The average Bonchev–Trinajstić information content (AvgIpc) is 3.59. The molecule has 11 atom stereocenters. The molecule has 44 heavy (non-hydrogen) atoms. The summed E-state index contributed by atoms with van der Waals surface area (Å²) in [5, 5.41) is 23.6. The Morgan fingerprint density at radius 1 is 1.11 bits per heavy atom. The highest BCUT2D eigenvalue weighted by atomic mass is 16.7. The molecule has 0 aromatic carbocycles. The number of ether oxygens (including phenoxy) is 3. The van der Waals surface area contributed by atoms with E-state index in [1.54, 1.807) is 5.92 Å². The standard InChI is InChI=1S/C38H60NO5/c1-10-17-39-18-19-42-28(21-39)44-27-13-14-37-22-38(37)16-15-35(8)29-23(2)20-24(31(40)33(3,4)5)43-30(29)32(41)36(35,9)26(38)12-11-25(37)34(27,6)7/h1,23,25,27-29,31-32,40-41H,10-22H2,2-9H3/t23-,25+,27?,28+,29+,31+,32+,35-,36-,37-,38+/m1/s1. The molecule has 247 valence electrons. The lowest BCUT2D eigenvalue weighted by Gasteiger charge is -2.63. The van der Waals surface area contributed by atoms with Crippen molar-refractivity contribution in [1.82, 2.24) is 4.90 Å². The first-order chi connectivity index (χ1) is 20.6. The first-order valence-corrected chi connectivity index (χ1v) is 17.9. The molecule has 6 heteroatoms. The monoisotopic (exact) mass is 610 g/mol. The fraction of sp³-hybridized carbons (Fsp3) is 0.895.